The van der Waals surface area contributed by atoms with Gasteiger partial charge in [0.05, 0.1) is 12.2 Å². The molecule has 0 saturated carbocycles. The van der Waals surface area contributed by atoms with Gasteiger partial charge in [-0.15, -0.1) is 0 Å². The van der Waals surface area contributed by atoms with Gasteiger partial charge in [0, 0.05) is 12.6 Å². The Bertz CT molecular complexity index is 315. The number of β-amino-alcohol motifs (C(OH)–C–C–N with tert-alkyl or cyclic N) is 1. The summed E-state index contributed by atoms with van der Waals surface area (Å²) in [6.45, 7) is 0.501. The lowest BCUT2D eigenvalue weighted by atomic mass is 9.95. The predicted molar refractivity (Wildman–Crippen MR) is 63.2 cm³/mol. The van der Waals surface area contributed by atoms with Crippen molar-refractivity contribution in [2.45, 2.75) is 37.5 Å². The van der Waals surface area contributed by atoms with Gasteiger partial charge in [-0.05, 0) is 24.8 Å². The van der Waals surface area contributed by atoms with Crippen LogP contribution in [0, 0.1) is 0 Å². The molecular weight excluding hydrogens is 202 g/mol. The Morgan fingerprint density at radius 1 is 1.12 bits per heavy atom. The molecule has 1 fully saturated rings. The molecule has 0 amide bonds. The second-order valence-corrected chi connectivity index (χ2v) is 4.50. The van der Waals surface area contributed by atoms with Gasteiger partial charge in [-0.25, -0.2) is 0 Å². The van der Waals surface area contributed by atoms with E-state index in [-0.39, 0.29) is 0 Å². The van der Waals surface area contributed by atoms with Crippen LogP contribution in [0.15, 0.2) is 30.3 Å². The molecule has 0 aromatic heterocycles. The number of rotatable bonds is 3. The zero-order chi connectivity index (χ0) is 11.4. The lowest BCUT2D eigenvalue weighted by molar-refractivity contribution is -0.0128. The molecule has 1 heterocycles. The second-order valence-electron chi connectivity index (χ2n) is 4.50. The van der Waals surface area contributed by atoms with Gasteiger partial charge in [-0.2, -0.15) is 0 Å². The van der Waals surface area contributed by atoms with E-state index in [0.717, 1.165) is 12.8 Å². The van der Waals surface area contributed by atoms with E-state index < -0.39 is 12.2 Å². The van der Waals surface area contributed by atoms with Crippen molar-refractivity contribution in [1.29, 1.82) is 0 Å². The summed E-state index contributed by atoms with van der Waals surface area (Å²) in [5, 5.41) is 22.2. The minimum absolute atomic E-state index is 0.318. The molecule has 16 heavy (non-hydrogen) atoms. The third-order valence-corrected chi connectivity index (χ3v) is 3.21. The maximum absolute atomic E-state index is 9.56. The summed E-state index contributed by atoms with van der Waals surface area (Å²) in [5.41, 5.74) is 1.32. The molecule has 0 bridgehead atoms. The van der Waals surface area contributed by atoms with Gasteiger partial charge in [-0.1, -0.05) is 30.3 Å². The lowest BCUT2D eigenvalue weighted by Crippen LogP contribution is -2.49. The number of aryl methyl sites for hydroxylation is 1. The minimum atomic E-state index is -0.604. The first kappa shape index (κ1) is 11.6. The highest BCUT2D eigenvalue weighted by Gasteiger charge is 2.26. The highest BCUT2D eigenvalue weighted by Crippen LogP contribution is 2.14. The Labute approximate surface area is 96.1 Å². The van der Waals surface area contributed by atoms with Crippen LogP contribution < -0.4 is 5.32 Å². The summed E-state index contributed by atoms with van der Waals surface area (Å²) in [7, 11) is 0. The van der Waals surface area contributed by atoms with E-state index in [0.29, 0.717) is 19.0 Å². The standard InChI is InChI=1S/C13H19NO2/c15-12-8-11(14-9-13(12)16)7-6-10-4-2-1-3-5-10/h1-5,11-16H,6-9H2. The molecule has 3 atom stereocenters. The first-order valence-electron chi connectivity index (χ1n) is 5.89. The highest BCUT2D eigenvalue weighted by molar-refractivity contribution is 5.14. The van der Waals surface area contributed by atoms with Crippen molar-refractivity contribution in [3.8, 4) is 0 Å². The molecule has 1 aromatic carbocycles. The molecule has 1 saturated heterocycles. The molecule has 0 spiro atoms. The van der Waals surface area contributed by atoms with Crippen molar-refractivity contribution in [3.63, 3.8) is 0 Å². The first-order valence-corrected chi connectivity index (χ1v) is 5.89. The third-order valence-electron chi connectivity index (χ3n) is 3.21. The van der Waals surface area contributed by atoms with Gasteiger partial charge >= 0.3 is 0 Å². The summed E-state index contributed by atoms with van der Waals surface area (Å²) < 4.78 is 0. The molecule has 3 nitrogen and oxygen atoms in total. The second kappa shape index (κ2) is 5.43. The van der Waals surface area contributed by atoms with Crippen molar-refractivity contribution in [2.75, 3.05) is 6.54 Å². The molecule has 1 aromatic rings. The Morgan fingerprint density at radius 3 is 2.56 bits per heavy atom. The van der Waals surface area contributed by atoms with Crippen LogP contribution in [0.3, 0.4) is 0 Å². The lowest BCUT2D eigenvalue weighted by Gasteiger charge is -2.31. The molecule has 88 valence electrons. The Balaban J connectivity index is 1.79. The van der Waals surface area contributed by atoms with Gasteiger partial charge in [0.2, 0.25) is 0 Å². The Hall–Kier alpha value is -0.900. The minimum Gasteiger partial charge on any atom is -0.390 e. The largest absolute Gasteiger partial charge is 0.390 e. The van der Waals surface area contributed by atoms with Gasteiger partial charge in [0.15, 0.2) is 0 Å². The van der Waals surface area contributed by atoms with E-state index in [9.17, 15) is 10.2 Å². The van der Waals surface area contributed by atoms with Crippen molar-refractivity contribution in [2.24, 2.45) is 0 Å². The van der Waals surface area contributed by atoms with Crippen LogP contribution in [0.1, 0.15) is 18.4 Å². The average molecular weight is 221 g/mol. The molecular formula is C13H19NO2. The molecule has 1 aliphatic heterocycles. The molecule has 3 heteroatoms. The molecule has 3 N–H and O–H groups in total. The van der Waals surface area contributed by atoms with Crippen LogP contribution in [0.5, 0.6) is 0 Å². The highest BCUT2D eigenvalue weighted by atomic mass is 16.3. The smallest absolute Gasteiger partial charge is 0.0923 e. The Kier molecular flexibility index (Phi) is 3.93. The van der Waals surface area contributed by atoms with Crippen LogP contribution in [0.4, 0.5) is 0 Å². The number of hydrogen-bond donors (Lipinski definition) is 3. The molecule has 3 unspecified atom stereocenters. The number of nitrogens with one attached hydrogen (secondary N) is 1. The fourth-order valence-corrected chi connectivity index (χ4v) is 2.16. The molecule has 0 radical (unpaired) electrons. The maximum Gasteiger partial charge on any atom is 0.0923 e. The predicted octanol–water partition coefficient (Wildman–Crippen LogP) is 0.703. The fourth-order valence-electron chi connectivity index (χ4n) is 2.16. The van der Waals surface area contributed by atoms with Crippen LogP contribution in [0.25, 0.3) is 0 Å². The zero-order valence-corrected chi connectivity index (χ0v) is 9.34. The van der Waals surface area contributed by atoms with Crippen molar-refractivity contribution in [1.82, 2.24) is 5.32 Å². The van der Waals surface area contributed by atoms with Crippen LogP contribution >= 0.6 is 0 Å². The summed E-state index contributed by atoms with van der Waals surface area (Å²) >= 11 is 0. The quantitative estimate of drug-likeness (QED) is 0.704. The van der Waals surface area contributed by atoms with Gasteiger partial charge in [0.25, 0.3) is 0 Å². The topological polar surface area (TPSA) is 52.5 Å². The average Bonchev–Trinajstić information content (AvgIpc) is 2.32. The monoisotopic (exact) mass is 221 g/mol. The van der Waals surface area contributed by atoms with E-state index in [1.807, 2.05) is 18.2 Å². The number of aliphatic hydroxyl groups excluding tert-OH is 2. The number of benzene rings is 1. The SMILES string of the molecule is OC1CNC(CCc2ccccc2)CC1O. The van der Waals surface area contributed by atoms with Gasteiger partial charge < -0.3 is 15.5 Å². The van der Waals surface area contributed by atoms with E-state index in [4.69, 9.17) is 0 Å². The Morgan fingerprint density at radius 2 is 1.88 bits per heavy atom. The van der Waals surface area contributed by atoms with Crippen LogP contribution in [-0.2, 0) is 6.42 Å². The molecule has 2 rings (SSSR count). The van der Waals surface area contributed by atoms with E-state index >= 15 is 0 Å². The van der Waals surface area contributed by atoms with Crippen LogP contribution in [0.2, 0.25) is 0 Å². The first-order chi connectivity index (χ1) is 7.75. The van der Waals surface area contributed by atoms with Gasteiger partial charge in [0.1, 0.15) is 0 Å². The van der Waals surface area contributed by atoms with Gasteiger partial charge in [-0.3, -0.25) is 0 Å². The van der Waals surface area contributed by atoms with Crippen LogP contribution in [-0.4, -0.2) is 35.0 Å². The fraction of sp³-hybridized carbons (Fsp3) is 0.538. The summed E-state index contributed by atoms with van der Waals surface area (Å²) in [4.78, 5) is 0. The maximum atomic E-state index is 9.56. The van der Waals surface area contributed by atoms with Crippen molar-refractivity contribution < 1.29 is 10.2 Å². The molecule has 1 aliphatic rings. The summed E-state index contributed by atoms with van der Waals surface area (Å²) in [5.74, 6) is 0. The summed E-state index contributed by atoms with van der Waals surface area (Å²) in [6.07, 6.45) is 1.50. The normalized spacial score (nSPS) is 30.2. The van der Waals surface area contributed by atoms with Crippen molar-refractivity contribution in [3.05, 3.63) is 35.9 Å². The zero-order valence-electron chi connectivity index (χ0n) is 9.34. The van der Waals surface area contributed by atoms with E-state index in [2.05, 4.69) is 17.4 Å². The van der Waals surface area contributed by atoms with E-state index in [1.54, 1.807) is 0 Å². The summed E-state index contributed by atoms with van der Waals surface area (Å²) in [6, 6.07) is 10.7. The number of aliphatic hydroxyl groups is 2. The van der Waals surface area contributed by atoms with Crippen molar-refractivity contribution >= 4 is 0 Å². The third kappa shape index (κ3) is 3.04. The molecule has 0 aliphatic carbocycles. The van der Waals surface area contributed by atoms with E-state index in [1.165, 1.54) is 5.56 Å². The number of piperidine rings is 1. The number of hydrogen-bond acceptors (Lipinski definition) is 3.